The Balaban J connectivity index is 2.11. The van der Waals surface area contributed by atoms with Crippen LogP contribution in [0.2, 0.25) is 0 Å². The summed E-state index contributed by atoms with van der Waals surface area (Å²) in [5.74, 6) is -0.432. The molecule has 17 heavy (non-hydrogen) atoms. The molecule has 3 nitrogen and oxygen atoms in total. The highest BCUT2D eigenvalue weighted by Crippen LogP contribution is 2.26. The van der Waals surface area contributed by atoms with E-state index in [1.807, 2.05) is 0 Å². The molecule has 1 fully saturated rings. The molecule has 0 unspecified atom stereocenters. The van der Waals surface area contributed by atoms with Crippen LogP contribution in [0.1, 0.15) is 28.9 Å². The molecule has 1 heterocycles. The fourth-order valence-corrected chi connectivity index (χ4v) is 2.09. The number of H-pyrrole nitrogens is 1. The van der Waals surface area contributed by atoms with Gasteiger partial charge in [0.15, 0.2) is 0 Å². The van der Waals surface area contributed by atoms with Crippen LogP contribution in [0.5, 0.6) is 0 Å². The van der Waals surface area contributed by atoms with Gasteiger partial charge in [-0.1, -0.05) is 12.1 Å². The van der Waals surface area contributed by atoms with Crippen LogP contribution in [-0.2, 0) is 0 Å². The highest BCUT2D eigenvalue weighted by molar-refractivity contribution is 6.08. The van der Waals surface area contributed by atoms with Gasteiger partial charge >= 0.3 is 0 Å². The first-order valence-corrected chi connectivity index (χ1v) is 5.74. The molecule has 1 aliphatic carbocycles. The van der Waals surface area contributed by atoms with E-state index in [-0.39, 0.29) is 11.7 Å². The molecule has 1 amide bonds. The monoisotopic (exact) mass is 232 g/mol. The first-order chi connectivity index (χ1) is 8.16. The lowest BCUT2D eigenvalue weighted by Gasteiger charge is -2.02. The lowest BCUT2D eigenvalue weighted by atomic mass is 10.1. The Morgan fingerprint density at radius 2 is 2.24 bits per heavy atom. The normalized spacial score (nSPS) is 15.2. The number of benzene rings is 1. The maximum atomic E-state index is 13.6. The molecule has 1 saturated carbocycles. The van der Waals surface area contributed by atoms with Crippen molar-refractivity contribution in [2.24, 2.45) is 0 Å². The van der Waals surface area contributed by atoms with Crippen LogP contribution >= 0.6 is 0 Å². The minimum atomic E-state index is -0.323. The maximum Gasteiger partial charge on any atom is 0.253 e. The second-order valence-corrected chi connectivity index (χ2v) is 4.54. The molecule has 1 aromatic heterocycles. The zero-order valence-electron chi connectivity index (χ0n) is 9.51. The van der Waals surface area contributed by atoms with Crippen LogP contribution in [0.15, 0.2) is 18.2 Å². The minimum Gasteiger partial charge on any atom is -0.356 e. The Morgan fingerprint density at radius 3 is 2.94 bits per heavy atom. The third-order valence-electron chi connectivity index (χ3n) is 3.11. The second kappa shape index (κ2) is 3.58. The Morgan fingerprint density at radius 1 is 1.47 bits per heavy atom. The first kappa shape index (κ1) is 10.3. The summed E-state index contributed by atoms with van der Waals surface area (Å²) in [6, 6.07) is 5.09. The summed E-state index contributed by atoms with van der Waals surface area (Å²) in [6.07, 6.45) is 2.09. The average Bonchev–Trinajstić information content (AvgIpc) is 3.00. The molecule has 1 aromatic carbocycles. The molecule has 1 aliphatic rings. The summed E-state index contributed by atoms with van der Waals surface area (Å²) in [5, 5.41) is 3.58. The Kier molecular flexibility index (Phi) is 2.18. The number of nitrogens with one attached hydrogen (secondary N) is 2. The number of aromatic amines is 1. The number of fused-ring (bicyclic) bond motifs is 1. The zero-order chi connectivity index (χ0) is 12.0. The van der Waals surface area contributed by atoms with E-state index >= 15 is 0 Å². The van der Waals surface area contributed by atoms with Crippen LogP contribution in [0, 0.1) is 12.7 Å². The lowest BCUT2D eigenvalue weighted by Crippen LogP contribution is -2.25. The Labute approximate surface area is 98.0 Å². The fraction of sp³-hybridized carbons (Fsp3) is 0.308. The van der Waals surface area contributed by atoms with E-state index in [0.29, 0.717) is 28.2 Å². The van der Waals surface area contributed by atoms with E-state index in [1.54, 1.807) is 19.1 Å². The molecule has 0 atom stereocenters. The van der Waals surface area contributed by atoms with E-state index in [9.17, 15) is 9.18 Å². The van der Waals surface area contributed by atoms with Crippen molar-refractivity contribution in [3.8, 4) is 0 Å². The number of aromatic nitrogens is 1. The molecule has 0 radical (unpaired) electrons. The van der Waals surface area contributed by atoms with Crippen LogP contribution in [-0.4, -0.2) is 16.9 Å². The summed E-state index contributed by atoms with van der Waals surface area (Å²) in [4.78, 5) is 15.0. The van der Waals surface area contributed by atoms with E-state index < -0.39 is 0 Å². The minimum absolute atomic E-state index is 0.109. The number of para-hydroxylation sites is 1. The molecule has 0 aliphatic heterocycles. The van der Waals surface area contributed by atoms with Crippen molar-refractivity contribution in [1.82, 2.24) is 10.3 Å². The van der Waals surface area contributed by atoms with Crippen LogP contribution in [0.25, 0.3) is 10.9 Å². The van der Waals surface area contributed by atoms with Crippen molar-refractivity contribution < 1.29 is 9.18 Å². The topological polar surface area (TPSA) is 44.9 Å². The molecule has 4 heteroatoms. The molecular formula is C13H13FN2O. The van der Waals surface area contributed by atoms with Gasteiger partial charge in [-0.3, -0.25) is 4.79 Å². The number of hydrogen-bond donors (Lipinski definition) is 2. The number of aryl methyl sites for hydroxylation is 1. The van der Waals surface area contributed by atoms with Gasteiger partial charge in [-0.2, -0.15) is 0 Å². The number of carbonyl (C=O) groups is 1. The second-order valence-electron chi connectivity index (χ2n) is 4.54. The van der Waals surface area contributed by atoms with Gasteiger partial charge in [0.05, 0.1) is 11.1 Å². The van der Waals surface area contributed by atoms with Gasteiger partial charge in [-0.15, -0.1) is 0 Å². The summed E-state index contributed by atoms with van der Waals surface area (Å²) < 4.78 is 13.6. The predicted molar refractivity (Wildman–Crippen MR) is 63.5 cm³/mol. The van der Waals surface area contributed by atoms with Crippen molar-refractivity contribution in [3.63, 3.8) is 0 Å². The number of halogens is 1. The Bertz CT molecular complexity index is 599. The highest BCUT2D eigenvalue weighted by Gasteiger charge is 2.26. The van der Waals surface area contributed by atoms with Crippen LogP contribution in [0.4, 0.5) is 4.39 Å². The molecule has 0 spiro atoms. The summed E-state index contributed by atoms with van der Waals surface area (Å²) >= 11 is 0. The van der Waals surface area contributed by atoms with Gasteiger partial charge in [0, 0.05) is 17.1 Å². The molecular weight excluding hydrogens is 219 g/mol. The maximum absolute atomic E-state index is 13.6. The van der Waals surface area contributed by atoms with Gasteiger partial charge in [-0.25, -0.2) is 4.39 Å². The first-order valence-electron chi connectivity index (χ1n) is 5.74. The van der Waals surface area contributed by atoms with Crippen molar-refractivity contribution in [2.75, 3.05) is 0 Å². The fourth-order valence-electron chi connectivity index (χ4n) is 2.09. The summed E-state index contributed by atoms with van der Waals surface area (Å²) in [7, 11) is 0. The van der Waals surface area contributed by atoms with Gasteiger partial charge in [-0.05, 0) is 25.8 Å². The van der Waals surface area contributed by atoms with E-state index in [4.69, 9.17) is 0 Å². The van der Waals surface area contributed by atoms with Crippen molar-refractivity contribution in [2.45, 2.75) is 25.8 Å². The smallest absolute Gasteiger partial charge is 0.253 e. The quantitative estimate of drug-likeness (QED) is 0.821. The van der Waals surface area contributed by atoms with Gasteiger partial charge < -0.3 is 10.3 Å². The SMILES string of the molecule is Cc1[nH]c2c(F)cccc2c1C(=O)NC1CC1. The van der Waals surface area contributed by atoms with E-state index in [2.05, 4.69) is 10.3 Å². The number of carbonyl (C=O) groups excluding carboxylic acids is 1. The number of rotatable bonds is 2. The largest absolute Gasteiger partial charge is 0.356 e. The third kappa shape index (κ3) is 1.69. The Hall–Kier alpha value is -1.84. The molecule has 88 valence electrons. The average molecular weight is 232 g/mol. The highest BCUT2D eigenvalue weighted by atomic mass is 19.1. The van der Waals surface area contributed by atoms with E-state index in [0.717, 1.165) is 12.8 Å². The molecule has 2 N–H and O–H groups in total. The predicted octanol–water partition coefficient (Wildman–Crippen LogP) is 2.51. The van der Waals surface area contributed by atoms with E-state index in [1.165, 1.54) is 6.07 Å². The van der Waals surface area contributed by atoms with Crippen LogP contribution < -0.4 is 5.32 Å². The zero-order valence-corrected chi connectivity index (χ0v) is 9.51. The molecule has 0 saturated heterocycles. The molecule has 0 bridgehead atoms. The van der Waals surface area contributed by atoms with Crippen molar-refractivity contribution in [3.05, 3.63) is 35.3 Å². The molecule has 2 aromatic rings. The van der Waals surface area contributed by atoms with Gasteiger partial charge in [0.2, 0.25) is 0 Å². The number of amides is 1. The lowest BCUT2D eigenvalue weighted by molar-refractivity contribution is 0.0952. The van der Waals surface area contributed by atoms with Crippen LogP contribution in [0.3, 0.4) is 0 Å². The van der Waals surface area contributed by atoms with Crippen molar-refractivity contribution in [1.29, 1.82) is 0 Å². The third-order valence-corrected chi connectivity index (χ3v) is 3.11. The van der Waals surface area contributed by atoms with Crippen molar-refractivity contribution >= 4 is 16.8 Å². The van der Waals surface area contributed by atoms with Gasteiger partial charge in [0.1, 0.15) is 5.82 Å². The number of hydrogen-bond acceptors (Lipinski definition) is 1. The summed E-state index contributed by atoms with van der Waals surface area (Å²) in [5.41, 5.74) is 1.68. The standard InChI is InChI=1S/C13H13FN2O/c1-7-11(13(17)16-8-5-6-8)9-3-2-4-10(14)12(9)15-7/h2-4,8,15H,5-6H2,1H3,(H,16,17). The molecule has 3 rings (SSSR count). The van der Waals surface area contributed by atoms with Gasteiger partial charge in [0.25, 0.3) is 5.91 Å². The summed E-state index contributed by atoms with van der Waals surface area (Å²) in [6.45, 7) is 1.79.